The molecular weight excluding hydrogens is 245 g/mol. The third-order valence-corrected chi connectivity index (χ3v) is 2.10. The van der Waals surface area contributed by atoms with E-state index in [1.807, 2.05) is 0 Å². The van der Waals surface area contributed by atoms with Crippen molar-refractivity contribution < 1.29 is 13.2 Å². The lowest BCUT2D eigenvalue weighted by Gasteiger charge is -2.08. The quantitative estimate of drug-likeness (QED) is 0.864. The average molecular weight is 254 g/mol. The number of anilines is 3. The minimum Gasteiger partial charge on any atom is -0.384 e. The number of nitrogens with two attached hydrogens (primary N) is 1. The average Bonchev–Trinajstić information content (AvgIpc) is 2.28. The molecule has 0 fully saturated rings. The molecule has 0 spiro atoms. The van der Waals surface area contributed by atoms with E-state index in [1.54, 1.807) is 18.2 Å². The van der Waals surface area contributed by atoms with Crippen LogP contribution in [0.25, 0.3) is 0 Å². The molecule has 18 heavy (non-hydrogen) atoms. The van der Waals surface area contributed by atoms with Crippen molar-refractivity contribution in [1.29, 1.82) is 0 Å². The lowest BCUT2D eigenvalue weighted by molar-refractivity contribution is -0.141. The van der Waals surface area contributed by atoms with Crippen LogP contribution < -0.4 is 11.1 Å². The monoisotopic (exact) mass is 254 g/mol. The van der Waals surface area contributed by atoms with Gasteiger partial charge in [0.15, 0.2) is 0 Å². The standard InChI is InChI=1S/C11H9F3N4/c12-11(13,14)8-5-4-7(6-16-8)17-10-3-1-2-9(15)18-10/h1-6H,(H3,15,17,18). The second-order valence-corrected chi connectivity index (χ2v) is 3.50. The number of alkyl halides is 3. The highest BCUT2D eigenvalue weighted by atomic mass is 19.4. The summed E-state index contributed by atoms with van der Waals surface area (Å²) in [5.41, 5.74) is 4.95. The predicted molar refractivity (Wildman–Crippen MR) is 61.2 cm³/mol. The van der Waals surface area contributed by atoms with E-state index >= 15 is 0 Å². The highest BCUT2D eigenvalue weighted by Gasteiger charge is 2.31. The van der Waals surface area contributed by atoms with Crippen molar-refractivity contribution in [3.63, 3.8) is 0 Å². The van der Waals surface area contributed by atoms with E-state index in [9.17, 15) is 13.2 Å². The van der Waals surface area contributed by atoms with Crippen LogP contribution in [0.4, 0.5) is 30.5 Å². The summed E-state index contributed by atoms with van der Waals surface area (Å²) in [5, 5.41) is 2.80. The number of nitrogen functional groups attached to an aromatic ring is 1. The largest absolute Gasteiger partial charge is 0.433 e. The zero-order valence-electron chi connectivity index (χ0n) is 9.07. The molecule has 0 saturated heterocycles. The van der Waals surface area contributed by atoms with Crippen molar-refractivity contribution in [3.8, 4) is 0 Å². The third kappa shape index (κ3) is 2.88. The van der Waals surface area contributed by atoms with Crippen LogP contribution >= 0.6 is 0 Å². The van der Waals surface area contributed by atoms with Gasteiger partial charge in [0, 0.05) is 0 Å². The maximum atomic E-state index is 12.3. The molecule has 0 aliphatic rings. The zero-order chi connectivity index (χ0) is 13.2. The number of nitrogens with one attached hydrogen (secondary N) is 1. The molecule has 2 heterocycles. The van der Waals surface area contributed by atoms with Crippen molar-refractivity contribution in [2.75, 3.05) is 11.1 Å². The fraction of sp³-hybridized carbons (Fsp3) is 0.0909. The van der Waals surface area contributed by atoms with Crippen LogP contribution in [0.1, 0.15) is 5.69 Å². The Bertz CT molecular complexity index is 537. The van der Waals surface area contributed by atoms with Crippen LogP contribution in [0, 0.1) is 0 Å². The number of hydrogen-bond acceptors (Lipinski definition) is 4. The third-order valence-electron chi connectivity index (χ3n) is 2.10. The Morgan fingerprint density at radius 1 is 1.11 bits per heavy atom. The molecule has 4 nitrogen and oxygen atoms in total. The molecule has 94 valence electrons. The Labute approximate surface area is 101 Å². The first-order valence-corrected chi connectivity index (χ1v) is 4.98. The molecule has 0 aliphatic heterocycles. The summed E-state index contributed by atoms with van der Waals surface area (Å²) < 4.78 is 36.9. The molecule has 0 radical (unpaired) electrons. The Morgan fingerprint density at radius 3 is 2.44 bits per heavy atom. The van der Waals surface area contributed by atoms with Crippen LogP contribution in [0.3, 0.4) is 0 Å². The summed E-state index contributed by atoms with van der Waals surface area (Å²) >= 11 is 0. The van der Waals surface area contributed by atoms with Gasteiger partial charge >= 0.3 is 6.18 Å². The van der Waals surface area contributed by atoms with Gasteiger partial charge in [0.1, 0.15) is 17.3 Å². The SMILES string of the molecule is Nc1cccc(Nc2ccc(C(F)(F)F)nc2)n1. The van der Waals surface area contributed by atoms with E-state index in [0.29, 0.717) is 17.3 Å². The first-order chi connectivity index (χ1) is 8.45. The molecule has 0 aromatic carbocycles. The maximum absolute atomic E-state index is 12.3. The van der Waals surface area contributed by atoms with Crippen molar-refractivity contribution in [2.45, 2.75) is 6.18 Å². The maximum Gasteiger partial charge on any atom is 0.433 e. The summed E-state index contributed by atoms with van der Waals surface area (Å²) in [4.78, 5) is 7.28. The number of aromatic nitrogens is 2. The summed E-state index contributed by atoms with van der Waals surface area (Å²) in [7, 11) is 0. The molecule has 3 N–H and O–H groups in total. The number of hydrogen-bond donors (Lipinski definition) is 2. The fourth-order valence-corrected chi connectivity index (χ4v) is 1.30. The van der Waals surface area contributed by atoms with Gasteiger partial charge in [-0.15, -0.1) is 0 Å². The highest BCUT2D eigenvalue weighted by Crippen LogP contribution is 2.28. The Hall–Kier alpha value is -2.31. The number of pyridine rings is 2. The van der Waals surface area contributed by atoms with Crippen LogP contribution in [-0.4, -0.2) is 9.97 Å². The molecule has 0 amide bonds. The molecular formula is C11H9F3N4. The van der Waals surface area contributed by atoms with E-state index in [4.69, 9.17) is 5.73 Å². The first kappa shape index (κ1) is 12.2. The molecule has 7 heteroatoms. The second kappa shape index (κ2) is 4.52. The van der Waals surface area contributed by atoms with Gasteiger partial charge in [-0.05, 0) is 24.3 Å². The van der Waals surface area contributed by atoms with Gasteiger partial charge in [0.05, 0.1) is 11.9 Å². The molecule has 2 aromatic rings. The normalized spacial score (nSPS) is 11.3. The summed E-state index contributed by atoms with van der Waals surface area (Å²) in [6, 6.07) is 7.11. The minimum absolute atomic E-state index is 0.319. The van der Waals surface area contributed by atoms with Crippen LogP contribution in [0.2, 0.25) is 0 Å². The topological polar surface area (TPSA) is 63.8 Å². The van der Waals surface area contributed by atoms with E-state index in [1.165, 1.54) is 6.07 Å². The van der Waals surface area contributed by atoms with E-state index in [0.717, 1.165) is 12.3 Å². The number of rotatable bonds is 2. The summed E-state index contributed by atoms with van der Waals surface area (Å²) in [6.07, 6.45) is -3.35. The summed E-state index contributed by atoms with van der Waals surface area (Å²) in [5.74, 6) is 0.761. The van der Waals surface area contributed by atoms with Gasteiger partial charge < -0.3 is 11.1 Å². The highest BCUT2D eigenvalue weighted by molar-refractivity contribution is 5.56. The minimum atomic E-state index is -4.44. The second-order valence-electron chi connectivity index (χ2n) is 3.50. The van der Waals surface area contributed by atoms with Crippen LogP contribution in [0.15, 0.2) is 36.5 Å². The predicted octanol–water partition coefficient (Wildman–Crippen LogP) is 2.82. The number of nitrogens with zero attached hydrogens (tertiary/aromatic N) is 2. The molecule has 2 rings (SSSR count). The van der Waals surface area contributed by atoms with Gasteiger partial charge in [-0.25, -0.2) is 9.97 Å². The lowest BCUT2D eigenvalue weighted by atomic mass is 10.3. The van der Waals surface area contributed by atoms with E-state index < -0.39 is 11.9 Å². The molecule has 2 aromatic heterocycles. The molecule has 0 bridgehead atoms. The Morgan fingerprint density at radius 2 is 1.89 bits per heavy atom. The van der Waals surface area contributed by atoms with Crippen molar-refractivity contribution in [1.82, 2.24) is 9.97 Å². The Kier molecular flexibility index (Phi) is 3.05. The van der Waals surface area contributed by atoms with E-state index in [2.05, 4.69) is 15.3 Å². The van der Waals surface area contributed by atoms with Gasteiger partial charge in [0.2, 0.25) is 0 Å². The smallest absolute Gasteiger partial charge is 0.384 e. The lowest BCUT2D eigenvalue weighted by Crippen LogP contribution is -2.07. The van der Waals surface area contributed by atoms with Crippen molar-refractivity contribution >= 4 is 17.3 Å². The van der Waals surface area contributed by atoms with E-state index in [-0.39, 0.29) is 0 Å². The molecule has 0 aliphatic carbocycles. The first-order valence-electron chi connectivity index (χ1n) is 4.98. The van der Waals surface area contributed by atoms with Gasteiger partial charge in [0.25, 0.3) is 0 Å². The molecule has 0 atom stereocenters. The van der Waals surface area contributed by atoms with Gasteiger partial charge in [-0.2, -0.15) is 13.2 Å². The number of halogens is 3. The fourth-order valence-electron chi connectivity index (χ4n) is 1.30. The van der Waals surface area contributed by atoms with Crippen molar-refractivity contribution in [2.24, 2.45) is 0 Å². The Balaban J connectivity index is 2.16. The molecule has 0 unspecified atom stereocenters. The zero-order valence-corrected chi connectivity index (χ0v) is 9.07. The van der Waals surface area contributed by atoms with Gasteiger partial charge in [-0.3, -0.25) is 0 Å². The van der Waals surface area contributed by atoms with Crippen LogP contribution in [0.5, 0.6) is 0 Å². The van der Waals surface area contributed by atoms with Gasteiger partial charge in [-0.1, -0.05) is 6.07 Å². The summed E-state index contributed by atoms with van der Waals surface area (Å²) in [6.45, 7) is 0. The van der Waals surface area contributed by atoms with Crippen molar-refractivity contribution in [3.05, 3.63) is 42.2 Å². The van der Waals surface area contributed by atoms with Crippen LogP contribution in [-0.2, 0) is 6.18 Å². The molecule has 0 saturated carbocycles.